The molecule has 0 unspecified atom stereocenters. The third-order valence-corrected chi connectivity index (χ3v) is 5.99. The molecular formula is C15H13ClN2S2. The number of thiophene rings is 2. The van der Waals surface area contributed by atoms with Crippen LogP contribution in [0.5, 0.6) is 0 Å². The fourth-order valence-corrected chi connectivity index (χ4v) is 4.71. The van der Waals surface area contributed by atoms with E-state index in [1.165, 1.54) is 34.6 Å². The summed E-state index contributed by atoms with van der Waals surface area (Å²) in [4.78, 5) is 7.09. The van der Waals surface area contributed by atoms with Crippen LogP contribution in [0.4, 0.5) is 5.00 Å². The van der Waals surface area contributed by atoms with Gasteiger partial charge in [0.1, 0.15) is 11.1 Å². The number of hydrogen-bond donors (Lipinski definition) is 0. The van der Waals surface area contributed by atoms with Crippen molar-refractivity contribution in [3.63, 3.8) is 0 Å². The Kier molecular flexibility index (Phi) is 3.93. The molecule has 0 radical (unpaired) electrons. The van der Waals surface area contributed by atoms with E-state index in [1.807, 2.05) is 19.1 Å². The predicted octanol–water partition coefficient (Wildman–Crippen LogP) is 5.35. The van der Waals surface area contributed by atoms with Gasteiger partial charge in [0, 0.05) is 9.75 Å². The molecule has 2 aromatic rings. The highest BCUT2D eigenvalue weighted by Gasteiger charge is 2.20. The minimum atomic E-state index is 0.764. The summed E-state index contributed by atoms with van der Waals surface area (Å²) in [5, 5.41) is 10.3. The van der Waals surface area contributed by atoms with E-state index in [0.717, 1.165) is 38.3 Å². The lowest BCUT2D eigenvalue weighted by Crippen LogP contribution is -1.99. The number of rotatable bonds is 2. The third-order valence-electron chi connectivity index (χ3n) is 3.46. The van der Waals surface area contributed by atoms with Crippen LogP contribution in [-0.2, 0) is 12.8 Å². The van der Waals surface area contributed by atoms with Crippen LogP contribution in [-0.4, -0.2) is 5.71 Å². The smallest absolute Gasteiger partial charge is 0.134 e. The minimum absolute atomic E-state index is 0.764. The average Bonchev–Trinajstić information content (AvgIpc) is 3.01. The monoisotopic (exact) mass is 320 g/mol. The van der Waals surface area contributed by atoms with E-state index in [9.17, 15) is 5.26 Å². The summed E-state index contributed by atoms with van der Waals surface area (Å²) in [6.07, 6.45) is 4.52. The quantitative estimate of drug-likeness (QED) is 0.687. The molecule has 5 heteroatoms. The Morgan fingerprint density at radius 2 is 2.10 bits per heavy atom. The minimum Gasteiger partial charge on any atom is -0.240 e. The molecule has 3 rings (SSSR count). The molecule has 20 heavy (non-hydrogen) atoms. The highest BCUT2D eigenvalue weighted by molar-refractivity contribution is 7.18. The summed E-state index contributed by atoms with van der Waals surface area (Å²) in [5.74, 6) is 0. The molecule has 1 aliphatic carbocycles. The van der Waals surface area contributed by atoms with Crippen LogP contribution >= 0.6 is 34.3 Å². The molecule has 0 atom stereocenters. The number of aryl methyl sites for hydroxylation is 1. The van der Waals surface area contributed by atoms with Crippen LogP contribution in [0.1, 0.15) is 40.6 Å². The lowest BCUT2D eigenvalue weighted by atomic mass is 9.96. The van der Waals surface area contributed by atoms with Gasteiger partial charge in [-0.15, -0.1) is 22.7 Å². The number of nitriles is 1. The molecule has 0 saturated heterocycles. The zero-order valence-corrected chi connectivity index (χ0v) is 13.5. The molecule has 0 aromatic carbocycles. The van der Waals surface area contributed by atoms with Crippen LogP contribution in [0.25, 0.3) is 0 Å². The number of nitrogens with zero attached hydrogens (tertiary/aromatic N) is 2. The van der Waals surface area contributed by atoms with Gasteiger partial charge in [-0.25, -0.2) is 4.99 Å². The van der Waals surface area contributed by atoms with Crippen LogP contribution in [0, 0.1) is 11.3 Å². The molecule has 0 fully saturated rings. The van der Waals surface area contributed by atoms with Gasteiger partial charge in [-0.1, -0.05) is 11.6 Å². The van der Waals surface area contributed by atoms with Crippen molar-refractivity contribution in [2.75, 3.05) is 0 Å². The summed E-state index contributed by atoms with van der Waals surface area (Å²) in [5.41, 5.74) is 2.95. The number of halogens is 1. The highest BCUT2D eigenvalue weighted by Crippen LogP contribution is 2.39. The summed E-state index contributed by atoms with van der Waals surface area (Å²) in [6, 6.07) is 6.20. The first kappa shape index (κ1) is 13.8. The Labute approximate surface area is 131 Å². The van der Waals surface area contributed by atoms with E-state index in [4.69, 9.17) is 11.6 Å². The second-order valence-corrected chi connectivity index (χ2v) is 7.60. The van der Waals surface area contributed by atoms with Gasteiger partial charge in [-0.05, 0) is 50.3 Å². The standard InChI is InChI=1S/C15H13ClN2S2/c1-9(12-6-7-14(16)19-12)18-15-11(8-17)10-4-2-3-5-13(10)20-15/h6-7H,2-5H2,1H3. The largest absolute Gasteiger partial charge is 0.240 e. The van der Waals surface area contributed by atoms with Crippen molar-refractivity contribution in [3.05, 3.63) is 37.4 Å². The zero-order chi connectivity index (χ0) is 14.1. The molecular weight excluding hydrogens is 308 g/mol. The van der Waals surface area contributed by atoms with E-state index in [1.54, 1.807) is 11.3 Å². The maximum absolute atomic E-state index is 9.42. The molecule has 2 heterocycles. The van der Waals surface area contributed by atoms with E-state index in [2.05, 4.69) is 11.1 Å². The van der Waals surface area contributed by atoms with E-state index >= 15 is 0 Å². The van der Waals surface area contributed by atoms with Crippen LogP contribution in [0.3, 0.4) is 0 Å². The van der Waals surface area contributed by atoms with Crippen molar-refractivity contribution >= 4 is 45.0 Å². The van der Waals surface area contributed by atoms with Gasteiger partial charge in [0.15, 0.2) is 0 Å². The summed E-state index contributed by atoms with van der Waals surface area (Å²) < 4.78 is 0.764. The molecule has 0 saturated carbocycles. The molecule has 0 spiro atoms. The molecule has 102 valence electrons. The van der Waals surface area contributed by atoms with Gasteiger partial charge in [-0.3, -0.25) is 0 Å². The normalized spacial score (nSPS) is 14.9. The Bertz CT molecular complexity index is 719. The van der Waals surface area contributed by atoms with Gasteiger partial charge < -0.3 is 0 Å². The van der Waals surface area contributed by atoms with E-state index in [0.29, 0.717) is 0 Å². The Morgan fingerprint density at radius 3 is 2.80 bits per heavy atom. The van der Waals surface area contributed by atoms with Crippen molar-refractivity contribution < 1.29 is 0 Å². The maximum atomic E-state index is 9.42. The van der Waals surface area contributed by atoms with Crippen molar-refractivity contribution in [3.8, 4) is 6.07 Å². The number of hydrogen-bond acceptors (Lipinski definition) is 4. The topological polar surface area (TPSA) is 36.1 Å². The van der Waals surface area contributed by atoms with E-state index < -0.39 is 0 Å². The average molecular weight is 321 g/mol. The van der Waals surface area contributed by atoms with Crippen molar-refractivity contribution in [2.45, 2.75) is 32.6 Å². The lowest BCUT2D eigenvalue weighted by Gasteiger charge is -2.09. The highest BCUT2D eigenvalue weighted by atomic mass is 35.5. The van der Waals surface area contributed by atoms with E-state index in [-0.39, 0.29) is 0 Å². The summed E-state index contributed by atoms with van der Waals surface area (Å²) in [7, 11) is 0. The Hall–Kier alpha value is -1.15. The first-order valence-corrected chi connectivity index (χ1v) is 8.56. The molecule has 2 nitrogen and oxygen atoms in total. The molecule has 0 aliphatic heterocycles. The van der Waals surface area contributed by atoms with Crippen molar-refractivity contribution in [1.29, 1.82) is 5.26 Å². The van der Waals surface area contributed by atoms with Crippen LogP contribution in [0.2, 0.25) is 4.34 Å². The van der Waals surface area contributed by atoms with Gasteiger partial charge in [-0.2, -0.15) is 5.26 Å². The zero-order valence-electron chi connectivity index (χ0n) is 11.1. The maximum Gasteiger partial charge on any atom is 0.134 e. The number of fused-ring (bicyclic) bond motifs is 1. The predicted molar refractivity (Wildman–Crippen MR) is 86.9 cm³/mol. The second kappa shape index (κ2) is 5.69. The van der Waals surface area contributed by atoms with Crippen LogP contribution < -0.4 is 0 Å². The fourth-order valence-electron chi connectivity index (χ4n) is 2.46. The molecule has 1 aliphatic rings. The molecule has 2 aromatic heterocycles. The molecule has 0 amide bonds. The van der Waals surface area contributed by atoms with Gasteiger partial charge in [0.2, 0.25) is 0 Å². The first-order chi connectivity index (χ1) is 9.69. The SMILES string of the molecule is CC(=Nc1sc2c(c1C#N)CCCC2)c1ccc(Cl)s1. The van der Waals surface area contributed by atoms with Crippen LogP contribution in [0.15, 0.2) is 17.1 Å². The summed E-state index contributed by atoms with van der Waals surface area (Å²) in [6.45, 7) is 1.97. The summed E-state index contributed by atoms with van der Waals surface area (Å²) >= 11 is 9.16. The molecule has 0 bridgehead atoms. The van der Waals surface area contributed by atoms with Crippen molar-refractivity contribution in [1.82, 2.24) is 0 Å². The first-order valence-electron chi connectivity index (χ1n) is 6.54. The third kappa shape index (κ3) is 2.54. The number of aliphatic imine (C=N–C) groups is 1. The second-order valence-electron chi connectivity index (χ2n) is 4.80. The molecule has 0 N–H and O–H groups in total. The fraction of sp³-hybridized carbons (Fsp3) is 0.333. The Balaban J connectivity index is 2.02. The van der Waals surface area contributed by atoms with Gasteiger partial charge in [0.25, 0.3) is 0 Å². The van der Waals surface area contributed by atoms with Gasteiger partial charge >= 0.3 is 0 Å². The Morgan fingerprint density at radius 1 is 1.30 bits per heavy atom. The van der Waals surface area contributed by atoms with Crippen molar-refractivity contribution in [2.24, 2.45) is 4.99 Å². The van der Waals surface area contributed by atoms with Gasteiger partial charge in [0.05, 0.1) is 15.6 Å². The lowest BCUT2D eigenvalue weighted by molar-refractivity contribution is 0.696.